The van der Waals surface area contributed by atoms with Gasteiger partial charge in [-0.25, -0.2) is 0 Å². The van der Waals surface area contributed by atoms with Gasteiger partial charge in [0.05, 0.1) is 31.6 Å². The van der Waals surface area contributed by atoms with E-state index in [1.165, 1.54) is 0 Å². The Kier molecular flexibility index (Phi) is 4.74. The number of rotatable bonds is 4. The van der Waals surface area contributed by atoms with Crippen LogP contribution in [-0.4, -0.2) is 31.9 Å². The molecule has 0 spiro atoms. The second kappa shape index (κ2) is 7.12. The maximum Gasteiger partial charge on any atom is 0.274 e. The molecular weight excluding hydrogens is 320 g/mol. The van der Waals surface area contributed by atoms with Crippen molar-refractivity contribution in [3.8, 4) is 11.5 Å². The molecule has 1 aliphatic heterocycles. The van der Waals surface area contributed by atoms with E-state index < -0.39 is 0 Å². The van der Waals surface area contributed by atoms with E-state index in [2.05, 4.69) is 21.2 Å². The Hall–Kier alpha value is -3.22. The maximum atomic E-state index is 12.5. The van der Waals surface area contributed by atoms with Crippen molar-refractivity contribution in [1.29, 1.82) is 0 Å². The molecule has 1 amide bonds. The van der Waals surface area contributed by atoms with Gasteiger partial charge in [0, 0.05) is 6.07 Å². The van der Waals surface area contributed by atoms with Crippen molar-refractivity contribution in [1.82, 2.24) is 0 Å². The molecule has 1 heterocycles. The van der Waals surface area contributed by atoms with Gasteiger partial charge in [-0.2, -0.15) is 5.10 Å². The number of hydrazone groups is 1. The molecule has 2 aromatic rings. The number of carbonyl (C=O) groups is 1. The van der Waals surface area contributed by atoms with E-state index in [9.17, 15) is 4.79 Å². The summed E-state index contributed by atoms with van der Waals surface area (Å²) in [6.07, 6.45) is 0. The van der Waals surface area contributed by atoms with Crippen LogP contribution in [0.25, 0.3) is 0 Å². The Balaban J connectivity index is 1.88. The summed E-state index contributed by atoms with van der Waals surface area (Å²) in [5.41, 5.74) is 5.43. The summed E-state index contributed by atoms with van der Waals surface area (Å²) in [6, 6.07) is 12.6. The third kappa shape index (κ3) is 3.50. The molecule has 0 radical (unpaired) electrons. The highest BCUT2D eigenvalue weighted by Crippen LogP contribution is 2.29. The topological polar surface area (TPSA) is 84.0 Å². The minimum Gasteiger partial charge on any atom is -0.497 e. The molecule has 0 bridgehead atoms. The third-order valence-electron chi connectivity index (χ3n) is 3.89. The van der Waals surface area contributed by atoms with Gasteiger partial charge in [0.2, 0.25) is 0 Å². The van der Waals surface area contributed by atoms with E-state index in [0.29, 0.717) is 22.9 Å². The standard InChI is InChI=1S/C18H20N4O3/c1-11-17(18(23)20-14-7-5-4-6-13(14)19-11)22-21-15-10-12(24-2)8-9-16(15)25-3/h4-11,19,21H,1-3H3,(H,20,23)/b22-17-. The molecule has 2 aromatic carbocycles. The molecule has 25 heavy (non-hydrogen) atoms. The number of nitrogens with one attached hydrogen (secondary N) is 3. The van der Waals surface area contributed by atoms with E-state index in [1.807, 2.05) is 31.2 Å². The smallest absolute Gasteiger partial charge is 0.274 e. The normalized spacial score (nSPS) is 17.8. The average molecular weight is 340 g/mol. The molecule has 0 saturated heterocycles. The summed E-state index contributed by atoms with van der Waals surface area (Å²) in [7, 11) is 3.15. The summed E-state index contributed by atoms with van der Waals surface area (Å²) in [4.78, 5) is 12.5. The SMILES string of the molecule is COc1ccc(OC)c(N/N=C2\C(=O)Nc3ccccc3NC2C)c1. The molecule has 7 nitrogen and oxygen atoms in total. The lowest BCUT2D eigenvalue weighted by Gasteiger charge is -2.14. The van der Waals surface area contributed by atoms with Gasteiger partial charge in [0.1, 0.15) is 22.9 Å². The number of para-hydroxylation sites is 2. The van der Waals surface area contributed by atoms with Crippen molar-refractivity contribution >= 4 is 28.7 Å². The van der Waals surface area contributed by atoms with Crippen molar-refractivity contribution in [2.75, 3.05) is 30.3 Å². The first-order chi connectivity index (χ1) is 12.1. The van der Waals surface area contributed by atoms with E-state index in [1.54, 1.807) is 32.4 Å². The zero-order valence-corrected chi connectivity index (χ0v) is 14.3. The molecule has 1 aliphatic rings. The predicted octanol–water partition coefficient (Wildman–Crippen LogP) is 2.92. The molecule has 3 rings (SSSR count). The summed E-state index contributed by atoms with van der Waals surface area (Å²) < 4.78 is 10.5. The van der Waals surface area contributed by atoms with Crippen LogP contribution >= 0.6 is 0 Å². The minimum atomic E-state index is -0.271. The first-order valence-corrected chi connectivity index (χ1v) is 7.85. The molecule has 0 aliphatic carbocycles. The van der Waals surface area contributed by atoms with Gasteiger partial charge in [-0.15, -0.1) is 0 Å². The molecule has 0 aromatic heterocycles. The fraction of sp³-hybridized carbons (Fsp3) is 0.222. The first-order valence-electron chi connectivity index (χ1n) is 7.85. The number of amides is 1. The van der Waals surface area contributed by atoms with Crippen LogP contribution in [-0.2, 0) is 4.79 Å². The lowest BCUT2D eigenvalue weighted by atomic mass is 10.2. The van der Waals surface area contributed by atoms with Crippen molar-refractivity contribution in [3.63, 3.8) is 0 Å². The van der Waals surface area contributed by atoms with Crippen LogP contribution in [0.4, 0.5) is 17.1 Å². The Bertz CT molecular complexity index is 820. The molecule has 3 N–H and O–H groups in total. The predicted molar refractivity (Wildman–Crippen MR) is 98.8 cm³/mol. The lowest BCUT2D eigenvalue weighted by molar-refractivity contribution is -0.110. The van der Waals surface area contributed by atoms with E-state index >= 15 is 0 Å². The van der Waals surface area contributed by atoms with Gasteiger partial charge in [-0.05, 0) is 31.2 Å². The van der Waals surface area contributed by atoms with Crippen molar-refractivity contribution < 1.29 is 14.3 Å². The van der Waals surface area contributed by atoms with Crippen LogP contribution in [0.15, 0.2) is 47.6 Å². The Morgan fingerprint density at radius 2 is 1.84 bits per heavy atom. The molecule has 1 atom stereocenters. The number of carbonyl (C=O) groups excluding carboxylic acids is 1. The molecule has 7 heteroatoms. The number of anilines is 3. The lowest BCUT2D eigenvalue weighted by Crippen LogP contribution is -2.34. The number of nitrogens with zero attached hydrogens (tertiary/aromatic N) is 1. The van der Waals surface area contributed by atoms with Crippen molar-refractivity contribution in [2.45, 2.75) is 13.0 Å². The Morgan fingerprint density at radius 3 is 2.56 bits per heavy atom. The second-order valence-corrected chi connectivity index (χ2v) is 5.54. The van der Waals surface area contributed by atoms with Gasteiger partial charge >= 0.3 is 0 Å². The molecular formula is C18H20N4O3. The minimum absolute atomic E-state index is 0.265. The third-order valence-corrected chi connectivity index (χ3v) is 3.89. The fourth-order valence-corrected chi connectivity index (χ4v) is 2.57. The van der Waals surface area contributed by atoms with Crippen LogP contribution in [0.3, 0.4) is 0 Å². The van der Waals surface area contributed by atoms with Crippen LogP contribution in [0.2, 0.25) is 0 Å². The molecule has 0 fully saturated rings. The largest absolute Gasteiger partial charge is 0.497 e. The number of hydrogen-bond acceptors (Lipinski definition) is 6. The number of methoxy groups -OCH3 is 2. The van der Waals surface area contributed by atoms with Crippen molar-refractivity contribution in [3.05, 3.63) is 42.5 Å². The Labute approximate surface area is 146 Å². The van der Waals surface area contributed by atoms with Gasteiger partial charge < -0.3 is 20.1 Å². The summed E-state index contributed by atoms with van der Waals surface area (Å²) in [5.74, 6) is 0.995. The highest BCUT2D eigenvalue weighted by molar-refractivity contribution is 6.46. The quantitative estimate of drug-likeness (QED) is 0.745. The first kappa shape index (κ1) is 16.6. The summed E-state index contributed by atoms with van der Waals surface area (Å²) in [6.45, 7) is 1.88. The number of ether oxygens (including phenoxy) is 2. The Morgan fingerprint density at radius 1 is 1.08 bits per heavy atom. The van der Waals surface area contributed by atoms with E-state index in [0.717, 1.165) is 11.4 Å². The number of fused-ring (bicyclic) bond motifs is 1. The maximum absolute atomic E-state index is 12.5. The van der Waals surface area contributed by atoms with Crippen molar-refractivity contribution in [2.24, 2.45) is 5.10 Å². The second-order valence-electron chi connectivity index (χ2n) is 5.54. The van der Waals surface area contributed by atoms with Crippen LogP contribution in [0, 0.1) is 0 Å². The van der Waals surface area contributed by atoms with E-state index in [4.69, 9.17) is 9.47 Å². The summed E-state index contributed by atoms with van der Waals surface area (Å²) >= 11 is 0. The van der Waals surface area contributed by atoms with Crippen LogP contribution < -0.4 is 25.5 Å². The van der Waals surface area contributed by atoms with Crippen LogP contribution in [0.1, 0.15) is 6.92 Å². The van der Waals surface area contributed by atoms with Gasteiger partial charge in [-0.3, -0.25) is 10.2 Å². The number of hydrogen-bond donors (Lipinski definition) is 3. The van der Waals surface area contributed by atoms with Crippen LogP contribution in [0.5, 0.6) is 11.5 Å². The zero-order chi connectivity index (χ0) is 17.8. The zero-order valence-electron chi connectivity index (χ0n) is 14.3. The molecule has 130 valence electrons. The van der Waals surface area contributed by atoms with Gasteiger partial charge in [-0.1, -0.05) is 12.1 Å². The molecule has 0 saturated carbocycles. The number of benzene rings is 2. The fourth-order valence-electron chi connectivity index (χ4n) is 2.57. The highest BCUT2D eigenvalue weighted by atomic mass is 16.5. The average Bonchev–Trinajstić information content (AvgIpc) is 2.74. The highest BCUT2D eigenvalue weighted by Gasteiger charge is 2.25. The van der Waals surface area contributed by atoms with E-state index in [-0.39, 0.29) is 11.9 Å². The summed E-state index contributed by atoms with van der Waals surface area (Å²) in [5, 5.41) is 10.4. The molecule has 1 unspecified atom stereocenters. The monoisotopic (exact) mass is 340 g/mol. The van der Waals surface area contributed by atoms with Gasteiger partial charge in [0.15, 0.2) is 0 Å². The van der Waals surface area contributed by atoms with Gasteiger partial charge in [0.25, 0.3) is 5.91 Å².